The molecule has 2 N–H and O–H groups in total. The van der Waals surface area contributed by atoms with Crippen molar-refractivity contribution in [3.63, 3.8) is 0 Å². The Bertz CT molecular complexity index is 436. The summed E-state index contributed by atoms with van der Waals surface area (Å²) in [4.78, 5) is 11.0. The second-order valence-electron chi connectivity index (χ2n) is 3.36. The SMILES string of the molecule is CC(=O)C(Cl)c1cc(N)cc(SC(F)(F)F)c1. The Hall–Kier alpha value is -0.880. The zero-order valence-electron chi connectivity index (χ0n) is 8.72. The lowest BCUT2D eigenvalue weighted by molar-refractivity contribution is -0.116. The topological polar surface area (TPSA) is 43.1 Å². The lowest BCUT2D eigenvalue weighted by Gasteiger charge is -2.11. The van der Waals surface area contributed by atoms with Crippen LogP contribution < -0.4 is 5.73 Å². The lowest BCUT2D eigenvalue weighted by atomic mass is 10.1. The second-order valence-corrected chi connectivity index (χ2v) is 4.93. The van der Waals surface area contributed by atoms with E-state index in [9.17, 15) is 18.0 Å². The van der Waals surface area contributed by atoms with E-state index in [1.807, 2.05) is 0 Å². The molecule has 1 aromatic rings. The second kappa shape index (κ2) is 5.18. The number of rotatable bonds is 3. The van der Waals surface area contributed by atoms with E-state index >= 15 is 0 Å². The van der Waals surface area contributed by atoms with Crippen molar-refractivity contribution in [2.24, 2.45) is 0 Å². The Morgan fingerprint density at radius 3 is 2.47 bits per heavy atom. The molecule has 0 aliphatic carbocycles. The minimum atomic E-state index is -4.40. The number of anilines is 1. The van der Waals surface area contributed by atoms with Gasteiger partial charge in [-0.15, -0.1) is 11.6 Å². The summed E-state index contributed by atoms with van der Waals surface area (Å²) in [5, 5.41) is -0.980. The van der Waals surface area contributed by atoms with Gasteiger partial charge in [-0.05, 0) is 42.4 Å². The number of hydrogen-bond acceptors (Lipinski definition) is 3. The molecular weight excluding hydrogens is 275 g/mol. The molecule has 0 spiro atoms. The Morgan fingerprint density at radius 2 is 2.00 bits per heavy atom. The van der Waals surface area contributed by atoms with Gasteiger partial charge in [0, 0.05) is 10.6 Å². The Morgan fingerprint density at radius 1 is 1.41 bits per heavy atom. The van der Waals surface area contributed by atoms with Crippen molar-refractivity contribution in [1.29, 1.82) is 0 Å². The van der Waals surface area contributed by atoms with Crippen molar-refractivity contribution in [3.8, 4) is 0 Å². The third kappa shape index (κ3) is 4.47. The number of thioether (sulfide) groups is 1. The molecule has 0 radical (unpaired) electrons. The van der Waals surface area contributed by atoms with Crippen LogP contribution in [0.2, 0.25) is 0 Å². The van der Waals surface area contributed by atoms with Gasteiger partial charge >= 0.3 is 5.51 Å². The lowest BCUT2D eigenvalue weighted by Crippen LogP contribution is -2.04. The van der Waals surface area contributed by atoms with Gasteiger partial charge in [0.05, 0.1) is 0 Å². The van der Waals surface area contributed by atoms with Crippen LogP contribution in [-0.2, 0) is 4.79 Å². The minimum Gasteiger partial charge on any atom is -0.399 e. The summed E-state index contributed by atoms with van der Waals surface area (Å²) >= 11 is 5.47. The summed E-state index contributed by atoms with van der Waals surface area (Å²) in [7, 11) is 0. The first-order valence-electron chi connectivity index (χ1n) is 4.50. The number of hydrogen-bond donors (Lipinski definition) is 1. The third-order valence-electron chi connectivity index (χ3n) is 1.83. The highest BCUT2D eigenvalue weighted by Crippen LogP contribution is 2.39. The molecule has 94 valence electrons. The fraction of sp³-hybridized carbons (Fsp3) is 0.300. The van der Waals surface area contributed by atoms with E-state index in [0.717, 1.165) is 0 Å². The predicted octanol–water partition coefficient (Wildman–Crippen LogP) is 3.75. The Balaban J connectivity index is 3.06. The van der Waals surface area contributed by atoms with Crippen LogP contribution in [0.3, 0.4) is 0 Å². The van der Waals surface area contributed by atoms with Gasteiger partial charge in [0.1, 0.15) is 5.38 Å². The van der Waals surface area contributed by atoms with Crippen molar-refractivity contribution in [1.82, 2.24) is 0 Å². The maximum Gasteiger partial charge on any atom is 0.446 e. The fourth-order valence-electron chi connectivity index (χ4n) is 1.22. The van der Waals surface area contributed by atoms with Crippen LogP contribution in [0.15, 0.2) is 23.1 Å². The molecule has 1 aromatic carbocycles. The van der Waals surface area contributed by atoms with Crippen LogP contribution >= 0.6 is 23.4 Å². The van der Waals surface area contributed by atoms with Crippen molar-refractivity contribution in [3.05, 3.63) is 23.8 Å². The number of carbonyl (C=O) groups excluding carboxylic acids is 1. The van der Waals surface area contributed by atoms with Gasteiger partial charge in [-0.25, -0.2) is 0 Å². The highest BCUT2D eigenvalue weighted by molar-refractivity contribution is 8.00. The van der Waals surface area contributed by atoms with Crippen molar-refractivity contribution in [2.45, 2.75) is 22.7 Å². The first-order chi connectivity index (χ1) is 7.69. The van der Waals surface area contributed by atoms with Gasteiger partial charge in [0.15, 0.2) is 5.78 Å². The molecule has 0 aliphatic heterocycles. The molecule has 0 amide bonds. The third-order valence-corrected chi connectivity index (χ3v) is 3.10. The van der Waals surface area contributed by atoms with Crippen molar-refractivity contribution >= 4 is 34.8 Å². The summed E-state index contributed by atoms with van der Waals surface area (Å²) < 4.78 is 36.6. The molecule has 1 atom stereocenters. The van der Waals surface area contributed by atoms with E-state index in [0.29, 0.717) is 0 Å². The Labute approximate surface area is 105 Å². The van der Waals surface area contributed by atoms with Crippen LogP contribution in [0.4, 0.5) is 18.9 Å². The summed E-state index contributed by atoms with van der Waals surface area (Å²) in [5.74, 6) is -0.347. The van der Waals surface area contributed by atoms with Crippen molar-refractivity contribution < 1.29 is 18.0 Å². The summed E-state index contributed by atoms with van der Waals surface area (Å²) in [5.41, 5.74) is 1.48. The fourth-order valence-corrected chi connectivity index (χ4v) is 2.00. The van der Waals surface area contributed by atoms with E-state index < -0.39 is 10.9 Å². The first-order valence-corrected chi connectivity index (χ1v) is 5.75. The molecule has 0 bridgehead atoms. The maximum absolute atomic E-state index is 12.2. The molecule has 17 heavy (non-hydrogen) atoms. The number of benzene rings is 1. The normalized spacial score (nSPS) is 13.5. The Kier molecular flexibility index (Phi) is 4.32. The van der Waals surface area contributed by atoms with Crippen LogP contribution in [0.25, 0.3) is 0 Å². The molecule has 7 heteroatoms. The van der Waals surface area contributed by atoms with Gasteiger partial charge in [0.25, 0.3) is 0 Å². The van der Waals surface area contributed by atoms with Gasteiger partial charge in [-0.3, -0.25) is 4.79 Å². The van der Waals surface area contributed by atoms with E-state index in [2.05, 4.69) is 0 Å². The highest BCUT2D eigenvalue weighted by atomic mass is 35.5. The van der Waals surface area contributed by atoms with E-state index in [1.54, 1.807) is 0 Å². The molecule has 0 aromatic heterocycles. The predicted molar refractivity (Wildman–Crippen MR) is 62.0 cm³/mol. The number of carbonyl (C=O) groups is 1. The largest absolute Gasteiger partial charge is 0.446 e. The first kappa shape index (κ1) is 14.2. The monoisotopic (exact) mass is 283 g/mol. The van der Waals surface area contributed by atoms with E-state index in [-0.39, 0.29) is 33.7 Å². The van der Waals surface area contributed by atoms with Gasteiger partial charge in [-0.2, -0.15) is 13.2 Å². The van der Waals surface area contributed by atoms with Crippen LogP contribution in [0, 0.1) is 0 Å². The van der Waals surface area contributed by atoms with Gasteiger partial charge in [0.2, 0.25) is 0 Å². The molecule has 1 unspecified atom stereocenters. The molecule has 0 fully saturated rings. The highest BCUT2D eigenvalue weighted by Gasteiger charge is 2.29. The van der Waals surface area contributed by atoms with E-state index in [1.165, 1.54) is 25.1 Å². The number of halogens is 4. The molecule has 1 rings (SSSR count). The summed E-state index contributed by atoms with van der Waals surface area (Å²) in [6.45, 7) is 1.26. The summed E-state index contributed by atoms with van der Waals surface area (Å²) in [6, 6.07) is 3.79. The van der Waals surface area contributed by atoms with Gasteiger partial charge < -0.3 is 5.73 Å². The van der Waals surface area contributed by atoms with Crippen LogP contribution in [0.5, 0.6) is 0 Å². The molecular formula is C10H9ClF3NOS. The average molecular weight is 284 g/mol. The van der Waals surface area contributed by atoms with Gasteiger partial charge in [-0.1, -0.05) is 0 Å². The standard InChI is InChI=1S/C10H9ClF3NOS/c1-5(16)9(11)6-2-7(15)4-8(3-6)17-10(12,13)14/h2-4,9H,15H2,1H3. The van der Waals surface area contributed by atoms with Crippen molar-refractivity contribution in [2.75, 3.05) is 5.73 Å². The molecule has 0 heterocycles. The zero-order valence-corrected chi connectivity index (χ0v) is 10.3. The number of alkyl halides is 4. The smallest absolute Gasteiger partial charge is 0.399 e. The van der Waals surface area contributed by atoms with Crippen LogP contribution in [0.1, 0.15) is 17.9 Å². The summed E-state index contributed by atoms with van der Waals surface area (Å²) in [6.07, 6.45) is 0. The number of nitrogens with two attached hydrogens (primary N) is 1. The van der Waals surface area contributed by atoms with Crippen LogP contribution in [-0.4, -0.2) is 11.3 Å². The molecule has 0 saturated heterocycles. The minimum absolute atomic E-state index is 0.0839. The average Bonchev–Trinajstić information content (AvgIpc) is 2.12. The molecule has 0 aliphatic rings. The zero-order chi connectivity index (χ0) is 13.2. The number of nitrogen functional groups attached to an aromatic ring is 1. The quantitative estimate of drug-likeness (QED) is 0.522. The molecule has 2 nitrogen and oxygen atoms in total. The maximum atomic E-state index is 12.2. The molecule has 0 saturated carbocycles. The van der Waals surface area contributed by atoms with E-state index in [4.69, 9.17) is 17.3 Å². The number of ketones is 1. The number of Topliss-reactive ketones (excluding diaryl/α,β-unsaturated/α-hetero) is 1.